The van der Waals surface area contributed by atoms with Gasteiger partial charge in [0.05, 0.1) is 5.69 Å². The van der Waals surface area contributed by atoms with E-state index in [4.69, 9.17) is 4.74 Å². The van der Waals surface area contributed by atoms with Crippen LogP contribution in [0.5, 0.6) is 5.75 Å². The Morgan fingerprint density at radius 2 is 1.82 bits per heavy atom. The van der Waals surface area contributed by atoms with Gasteiger partial charge >= 0.3 is 6.18 Å². The van der Waals surface area contributed by atoms with E-state index in [2.05, 4.69) is 0 Å². The van der Waals surface area contributed by atoms with Crippen molar-refractivity contribution < 1.29 is 17.9 Å². The first kappa shape index (κ1) is 16.1. The minimum atomic E-state index is -4.35. The highest BCUT2D eigenvalue weighted by Crippen LogP contribution is 2.22. The molecule has 0 fully saturated rings. The van der Waals surface area contributed by atoms with Gasteiger partial charge in [0, 0.05) is 12.3 Å². The molecule has 118 valence electrons. The second-order valence-electron chi connectivity index (χ2n) is 4.83. The topological polar surface area (TPSA) is 31.2 Å². The van der Waals surface area contributed by atoms with Crippen LogP contribution in [0.1, 0.15) is 18.2 Å². The molecule has 0 radical (unpaired) electrons. The zero-order valence-corrected chi connectivity index (χ0v) is 12.1. The maximum absolute atomic E-state index is 12.6. The fraction of sp³-hybridized carbons (Fsp3) is 0.312. The Balaban J connectivity index is 2.29. The van der Waals surface area contributed by atoms with Crippen molar-refractivity contribution in [1.29, 1.82) is 0 Å². The molecule has 0 atom stereocenters. The van der Waals surface area contributed by atoms with Crippen LogP contribution in [-0.2, 0) is 19.6 Å². The SMILES string of the molecule is CCc1c(OCc2ccccc2)c(=O)ccn1CC(F)(F)F. The van der Waals surface area contributed by atoms with Crippen LogP contribution in [0, 0.1) is 0 Å². The molecule has 6 heteroatoms. The highest BCUT2D eigenvalue weighted by molar-refractivity contribution is 5.29. The van der Waals surface area contributed by atoms with Crippen molar-refractivity contribution in [3.05, 3.63) is 64.1 Å². The summed E-state index contributed by atoms with van der Waals surface area (Å²) in [4.78, 5) is 11.9. The molecule has 2 aromatic rings. The van der Waals surface area contributed by atoms with E-state index in [9.17, 15) is 18.0 Å². The number of halogens is 3. The molecule has 1 aromatic heterocycles. The van der Waals surface area contributed by atoms with Gasteiger partial charge in [-0.05, 0) is 12.0 Å². The molecule has 0 spiro atoms. The summed E-state index contributed by atoms with van der Waals surface area (Å²) in [5, 5.41) is 0. The van der Waals surface area contributed by atoms with Crippen LogP contribution >= 0.6 is 0 Å². The number of hydrogen-bond acceptors (Lipinski definition) is 2. The molecule has 1 heterocycles. The first-order chi connectivity index (χ1) is 10.4. The third-order valence-corrected chi connectivity index (χ3v) is 3.15. The lowest BCUT2D eigenvalue weighted by molar-refractivity contribution is -0.141. The zero-order chi connectivity index (χ0) is 16.2. The maximum atomic E-state index is 12.6. The summed E-state index contributed by atoms with van der Waals surface area (Å²) in [6.07, 6.45) is -2.92. The molecule has 0 saturated heterocycles. The van der Waals surface area contributed by atoms with Crippen molar-refractivity contribution in [1.82, 2.24) is 4.57 Å². The van der Waals surface area contributed by atoms with Gasteiger partial charge in [-0.3, -0.25) is 4.79 Å². The molecule has 0 saturated carbocycles. The molecule has 1 aromatic carbocycles. The van der Waals surface area contributed by atoms with Crippen LogP contribution in [0.2, 0.25) is 0 Å². The lowest BCUT2D eigenvalue weighted by Gasteiger charge is -2.17. The Hall–Kier alpha value is -2.24. The van der Waals surface area contributed by atoms with E-state index in [0.717, 1.165) is 22.4 Å². The Bertz CT molecular complexity index is 678. The third-order valence-electron chi connectivity index (χ3n) is 3.15. The van der Waals surface area contributed by atoms with Crippen LogP contribution in [-0.4, -0.2) is 10.7 Å². The van der Waals surface area contributed by atoms with Gasteiger partial charge in [-0.15, -0.1) is 0 Å². The number of alkyl halides is 3. The Morgan fingerprint density at radius 3 is 2.41 bits per heavy atom. The lowest BCUT2D eigenvalue weighted by Crippen LogP contribution is -2.23. The second kappa shape index (κ2) is 6.68. The van der Waals surface area contributed by atoms with Crippen LogP contribution in [0.3, 0.4) is 0 Å². The molecule has 0 amide bonds. The van der Waals surface area contributed by atoms with Gasteiger partial charge in [0.25, 0.3) is 0 Å². The predicted octanol–water partition coefficient (Wildman–Crippen LogP) is 3.55. The summed E-state index contributed by atoms with van der Waals surface area (Å²) in [6.45, 7) is 0.689. The van der Waals surface area contributed by atoms with Crippen LogP contribution < -0.4 is 10.2 Å². The van der Waals surface area contributed by atoms with E-state index in [-0.39, 0.29) is 24.5 Å². The number of hydrogen-bond donors (Lipinski definition) is 0. The van der Waals surface area contributed by atoms with Gasteiger partial charge in [-0.25, -0.2) is 0 Å². The highest BCUT2D eigenvalue weighted by atomic mass is 19.4. The largest absolute Gasteiger partial charge is 0.483 e. The molecule has 2 rings (SSSR count). The molecule has 0 aliphatic heterocycles. The number of nitrogens with zero attached hydrogens (tertiary/aromatic N) is 1. The molecule has 0 aliphatic carbocycles. The molecule has 0 aliphatic rings. The predicted molar refractivity (Wildman–Crippen MR) is 76.9 cm³/mol. The van der Waals surface area contributed by atoms with Crippen molar-refractivity contribution >= 4 is 0 Å². The van der Waals surface area contributed by atoms with Crippen LogP contribution in [0.25, 0.3) is 0 Å². The van der Waals surface area contributed by atoms with Gasteiger partial charge < -0.3 is 9.30 Å². The number of ether oxygens (including phenoxy) is 1. The minimum Gasteiger partial charge on any atom is -0.483 e. The molecule has 22 heavy (non-hydrogen) atoms. The van der Waals surface area contributed by atoms with Gasteiger partial charge in [0.15, 0.2) is 5.75 Å². The number of rotatable bonds is 5. The quantitative estimate of drug-likeness (QED) is 0.845. The monoisotopic (exact) mass is 311 g/mol. The third kappa shape index (κ3) is 4.13. The van der Waals surface area contributed by atoms with Crippen molar-refractivity contribution in [2.24, 2.45) is 0 Å². The van der Waals surface area contributed by atoms with E-state index in [1.807, 2.05) is 30.3 Å². The van der Waals surface area contributed by atoms with E-state index < -0.39 is 18.1 Å². The van der Waals surface area contributed by atoms with E-state index >= 15 is 0 Å². The summed E-state index contributed by atoms with van der Waals surface area (Å²) < 4.78 is 44.3. The number of aromatic nitrogens is 1. The smallest absolute Gasteiger partial charge is 0.406 e. The normalized spacial score (nSPS) is 11.5. The first-order valence-corrected chi connectivity index (χ1v) is 6.86. The fourth-order valence-electron chi connectivity index (χ4n) is 2.19. The molecule has 3 nitrogen and oxygen atoms in total. The molecular formula is C16H16F3NO2. The van der Waals surface area contributed by atoms with Crippen molar-refractivity contribution in [3.63, 3.8) is 0 Å². The van der Waals surface area contributed by atoms with E-state index in [0.29, 0.717) is 0 Å². The van der Waals surface area contributed by atoms with E-state index in [1.165, 1.54) is 0 Å². The van der Waals surface area contributed by atoms with E-state index in [1.54, 1.807) is 6.92 Å². The molecular weight excluding hydrogens is 295 g/mol. The summed E-state index contributed by atoms with van der Waals surface area (Å²) in [5.74, 6) is -0.0156. The van der Waals surface area contributed by atoms with Gasteiger partial charge in [0.1, 0.15) is 13.2 Å². The highest BCUT2D eigenvalue weighted by Gasteiger charge is 2.29. The molecule has 0 unspecified atom stereocenters. The van der Waals surface area contributed by atoms with Gasteiger partial charge in [0.2, 0.25) is 5.43 Å². The Morgan fingerprint density at radius 1 is 1.14 bits per heavy atom. The summed E-state index contributed by atoms with van der Waals surface area (Å²) in [6, 6.07) is 10.2. The zero-order valence-electron chi connectivity index (χ0n) is 12.1. The summed E-state index contributed by atoms with van der Waals surface area (Å²) in [7, 11) is 0. The van der Waals surface area contributed by atoms with Crippen molar-refractivity contribution in [2.75, 3.05) is 0 Å². The average Bonchev–Trinajstić information content (AvgIpc) is 2.47. The van der Waals surface area contributed by atoms with Crippen molar-refractivity contribution in [3.8, 4) is 5.75 Å². The summed E-state index contributed by atoms with van der Waals surface area (Å²) in [5.41, 5.74) is 0.683. The fourth-order valence-corrected chi connectivity index (χ4v) is 2.19. The Kier molecular flexibility index (Phi) is 4.90. The minimum absolute atomic E-state index is 0.0156. The van der Waals surface area contributed by atoms with Gasteiger partial charge in [-0.1, -0.05) is 37.3 Å². The standard InChI is InChI=1S/C16H16F3NO2/c1-2-13-15(22-10-12-6-4-3-5-7-12)14(21)8-9-20(13)11-16(17,18)19/h3-9H,2,10-11H2,1H3. The van der Waals surface area contributed by atoms with Gasteiger partial charge in [-0.2, -0.15) is 13.2 Å². The average molecular weight is 311 g/mol. The summed E-state index contributed by atoms with van der Waals surface area (Å²) >= 11 is 0. The molecule has 0 bridgehead atoms. The number of pyridine rings is 1. The number of benzene rings is 1. The Labute approximate surface area is 126 Å². The first-order valence-electron chi connectivity index (χ1n) is 6.86. The molecule has 0 N–H and O–H groups in total. The second-order valence-corrected chi connectivity index (χ2v) is 4.83. The van der Waals surface area contributed by atoms with Crippen molar-refractivity contribution in [2.45, 2.75) is 32.7 Å². The van der Waals surface area contributed by atoms with Crippen LogP contribution in [0.4, 0.5) is 13.2 Å². The lowest BCUT2D eigenvalue weighted by atomic mass is 10.2. The van der Waals surface area contributed by atoms with Crippen LogP contribution in [0.15, 0.2) is 47.4 Å². The maximum Gasteiger partial charge on any atom is 0.406 e.